The van der Waals surface area contributed by atoms with Crippen LogP contribution in [0.5, 0.6) is 11.5 Å². The number of fused-ring (bicyclic) bond motifs is 2. The van der Waals surface area contributed by atoms with Crippen molar-refractivity contribution in [2.45, 2.75) is 19.8 Å². The van der Waals surface area contributed by atoms with Gasteiger partial charge in [-0.25, -0.2) is 15.0 Å². The van der Waals surface area contributed by atoms with E-state index >= 15 is 0 Å². The number of ether oxygens (including phenoxy) is 3. The fourth-order valence-electron chi connectivity index (χ4n) is 2.62. The lowest BCUT2D eigenvalue weighted by atomic mass is 10.1. The van der Waals surface area contributed by atoms with E-state index in [-0.39, 0.29) is 19.2 Å². The SMILES string of the molecule is CC(OCn1cnc2ncncc21)c1cc2c(cc1[N+](=O)[O-])OCO2. The van der Waals surface area contributed by atoms with E-state index < -0.39 is 11.0 Å². The van der Waals surface area contributed by atoms with Crippen LogP contribution in [0.25, 0.3) is 11.2 Å². The normalized spacial score (nSPS) is 14.0. The summed E-state index contributed by atoms with van der Waals surface area (Å²) in [4.78, 5) is 23.1. The van der Waals surface area contributed by atoms with Gasteiger partial charge in [0.05, 0.1) is 35.2 Å². The fourth-order valence-corrected chi connectivity index (χ4v) is 2.62. The summed E-state index contributed by atoms with van der Waals surface area (Å²) in [5.41, 5.74) is 1.61. The topological polar surface area (TPSA) is 114 Å². The average molecular weight is 343 g/mol. The molecule has 0 saturated carbocycles. The number of rotatable bonds is 5. The van der Waals surface area contributed by atoms with E-state index in [1.165, 1.54) is 12.4 Å². The van der Waals surface area contributed by atoms with Gasteiger partial charge in [0.1, 0.15) is 18.6 Å². The zero-order valence-electron chi connectivity index (χ0n) is 13.2. The molecule has 4 rings (SSSR count). The minimum absolute atomic E-state index is 0.0478. The van der Waals surface area contributed by atoms with Crippen molar-refractivity contribution in [1.82, 2.24) is 19.5 Å². The Labute approximate surface area is 141 Å². The molecule has 1 unspecified atom stereocenters. The second-order valence-corrected chi connectivity index (χ2v) is 5.41. The van der Waals surface area contributed by atoms with Crippen molar-refractivity contribution < 1.29 is 19.1 Å². The van der Waals surface area contributed by atoms with Gasteiger partial charge < -0.3 is 18.8 Å². The summed E-state index contributed by atoms with van der Waals surface area (Å²) in [5, 5.41) is 11.4. The maximum Gasteiger partial charge on any atom is 0.279 e. The van der Waals surface area contributed by atoms with Gasteiger partial charge in [-0.1, -0.05) is 0 Å². The molecule has 10 heteroatoms. The lowest BCUT2D eigenvalue weighted by Gasteiger charge is -2.15. The first-order valence-corrected chi connectivity index (χ1v) is 7.44. The molecule has 0 radical (unpaired) electrons. The first kappa shape index (κ1) is 15.3. The Morgan fingerprint density at radius 3 is 2.96 bits per heavy atom. The molecule has 3 aromatic rings. The van der Waals surface area contributed by atoms with Crippen molar-refractivity contribution >= 4 is 16.9 Å². The quantitative estimate of drug-likeness (QED) is 0.511. The Hall–Kier alpha value is -3.27. The molecule has 1 aliphatic heterocycles. The molecule has 2 aromatic heterocycles. The van der Waals surface area contributed by atoms with E-state index in [2.05, 4.69) is 15.0 Å². The van der Waals surface area contributed by atoms with Gasteiger partial charge in [-0.15, -0.1) is 0 Å². The van der Waals surface area contributed by atoms with Crippen molar-refractivity contribution in [3.8, 4) is 11.5 Å². The second-order valence-electron chi connectivity index (χ2n) is 5.41. The van der Waals surface area contributed by atoms with Crippen LogP contribution in [0.2, 0.25) is 0 Å². The van der Waals surface area contributed by atoms with Crippen LogP contribution in [-0.4, -0.2) is 31.2 Å². The van der Waals surface area contributed by atoms with Gasteiger partial charge in [0.15, 0.2) is 17.1 Å². The van der Waals surface area contributed by atoms with Crippen LogP contribution in [0.15, 0.2) is 31.0 Å². The van der Waals surface area contributed by atoms with Gasteiger partial charge in [0.25, 0.3) is 5.69 Å². The summed E-state index contributed by atoms with van der Waals surface area (Å²) in [6.45, 7) is 1.93. The minimum atomic E-state index is -0.544. The predicted octanol–water partition coefficient (Wildman–Crippen LogP) is 2.20. The van der Waals surface area contributed by atoms with Crippen LogP contribution in [0.3, 0.4) is 0 Å². The number of aromatic nitrogens is 4. The molecular weight excluding hydrogens is 330 g/mol. The molecule has 0 N–H and O–H groups in total. The molecule has 1 atom stereocenters. The lowest BCUT2D eigenvalue weighted by molar-refractivity contribution is -0.386. The molecular formula is C15H13N5O5. The Kier molecular flexibility index (Phi) is 3.65. The van der Waals surface area contributed by atoms with Crippen LogP contribution in [0.4, 0.5) is 5.69 Å². The molecule has 3 heterocycles. The van der Waals surface area contributed by atoms with Crippen molar-refractivity contribution in [2.75, 3.05) is 6.79 Å². The molecule has 128 valence electrons. The van der Waals surface area contributed by atoms with E-state index in [4.69, 9.17) is 14.2 Å². The van der Waals surface area contributed by atoms with Crippen LogP contribution >= 0.6 is 0 Å². The third-order valence-corrected chi connectivity index (χ3v) is 3.92. The molecule has 1 aliphatic rings. The average Bonchev–Trinajstić information content (AvgIpc) is 3.24. The van der Waals surface area contributed by atoms with E-state index in [0.29, 0.717) is 22.7 Å². The van der Waals surface area contributed by atoms with Gasteiger partial charge in [-0.05, 0) is 13.0 Å². The highest BCUT2D eigenvalue weighted by Crippen LogP contribution is 2.40. The highest BCUT2D eigenvalue weighted by atomic mass is 16.7. The minimum Gasteiger partial charge on any atom is -0.454 e. The van der Waals surface area contributed by atoms with Crippen LogP contribution in [0, 0.1) is 10.1 Å². The summed E-state index contributed by atoms with van der Waals surface area (Å²) < 4.78 is 18.0. The fraction of sp³-hybridized carbons (Fsp3) is 0.267. The van der Waals surface area contributed by atoms with Crippen molar-refractivity contribution in [1.29, 1.82) is 0 Å². The van der Waals surface area contributed by atoms with Crippen LogP contribution < -0.4 is 9.47 Å². The van der Waals surface area contributed by atoms with Crippen molar-refractivity contribution in [3.63, 3.8) is 0 Å². The number of benzene rings is 1. The van der Waals surface area contributed by atoms with Crippen molar-refractivity contribution in [3.05, 3.63) is 46.7 Å². The number of hydrogen-bond acceptors (Lipinski definition) is 8. The van der Waals surface area contributed by atoms with E-state index in [1.807, 2.05) is 0 Å². The monoisotopic (exact) mass is 343 g/mol. The standard InChI is InChI=1S/C15H13N5O5/c1-9(23-7-19-6-18-15-12(19)4-16-5-17-15)10-2-13-14(25-8-24-13)3-11(10)20(21)22/h2-6,9H,7-8H2,1H3. The lowest BCUT2D eigenvalue weighted by Crippen LogP contribution is -2.08. The second kappa shape index (κ2) is 5.98. The van der Waals surface area contributed by atoms with E-state index in [1.54, 1.807) is 30.1 Å². The Morgan fingerprint density at radius 1 is 1.36 bits per heavy atom. The van der Waals surface area contributed by atoms with Gasteiger partial charge in [0.2, 0.25) is 6.79 Å². The summed E-state index contributed by atoms with van der Waals surface area (Å²) >= 11 is 0. The number of nitro benzene ring substituents is 1. The summed E-state index contributed by atoms with van der Waals surface area (Å²) in [6.07, 6.45) is 4.09. The third kappa shape index (κ3) is 2.72. The Morgan fingerprint density at radius 2 is 2.16 bits per heavy atom. The highest BCUT2D eigenvalue weighted by molar-refractivity contribution is 5.68. The third-order valence-electron chi connectivity index (χ3n) is 3.92. The van der Waals surface area contributed by atoms with E-state index in [9.17, 15) is 10.1 Å². The number of nitrogens with zero attached hydrogens (tertiary/aromatic N) is 5. The summed E-state index contributed by atoms with van der Waals surface area (Å²) in [6, 6.07) is 2.94. The van der Waals surface area contributed by atoms with E-state index in [0.717, 1.165) is 5.52 Å². The molecule has 0 aliphatic carbocycles. The Bertz CT molecular complexity index is 957. The van der Waals surface area contributed by atoms with Crippen molar-refractivity contribution in [2.24, 2.45) is 0 Å². The molecule has 0 spiro atoms. The molecule has 0 bridgehead atoms. The zero-order valence-corrected chi connectivity index (χ0v) is 13.2. The number of nitro groups is 1. The molecule has 10 nitrogen and oxygen atoms in total. The van der Waals surface area contributed by atoms with Gasteiger partial charge in [-0.3, -0.25) is 10.1 Å². The van der Waals surface area contributed by atoms with Gasteiger partial charge >= 0.3 is 0 Å². The van der Waals surface area contributed by atoms with Gasteiger partial charge in [-0.2, -0.15) is 0 Å². The largest absolute Gasteiger partial charge is 0.454 e. The molecule has 0 fully saturated rings. The zero-order chi connectivity index (χ0) is 17.4. The maximum absolute atomic E-state index is 11.4. The molecule has 1 aromatic carbocycles. The molecule has 0 amide bonds. The van der Waals surface area contributed by atoms with Crippen LogP contribution in [-0.2, 0) is 11.5 Å². The molecule has 25 heavy (non-hydrogen) atoms. The number of hydrogen-bond donors (Lipinski definition) is 0. The Balaban J connectivity index is 1.58. The first-order valence-electron chi connectivity index (χ1n) is 7.44. The summed E-state index contributed by atoms with van der Waals surface area (Å²) in [7, 11) is 0. The highest BCUT2D eigenvalue weighted by Gasteiger charge is 2.26. The maximum atomic E-state index is 11.4. The molecule has 0 saturated heterocycles. The van der Waals surface area contributed by atoms with Gasteiger partial charge in [0, 0.05) is 0 Å². The van der Waals surface area contributed by atoms with Crippen LogP contribution in [0.1, 0.15) is 18.6 Å². The predicted molar refractivity (Wildman–Crippen MR) is 84.0 cm³/mol. The number of imidazole rings is 1. The smallest absolute Gasteiger partial charge is 0.279 e. The first-order chi connectivity index (χ1) is 12.1. The summed E-state index contributed by atoms with van der Waals surface area (Å²) in [5.74, 6) is 0.831.